The SMILES string of the molecule is C=C(C(=O)OC(=O)c1cccc([C@H](N)CC)c1[N+](=O)[O-])C(C)(C)C. The van der Waals surface area contributed by atoms with Gasteiger partial charge in [0.25, 0.3) is 5.69 Å². The predicted octanol–water partition coefficient (Wildman–Crippen LogP) is 3.29. The van der Waals surface area contributed by atoms with Crippen LogP contribution in [-0.4, -0.2) is 16.9 Å². The van der Waals surface area contributed by atoms with Gasteiger partial charge in [-0.25, -0.2) is 9.59 Å². The van der Waals surface area contributed by atoms with Crippen LogP contribution in [0.15, 0.2) is 30.4 Å². The van der Waals surface area contributed by atoms with Crippen molar-refractivity contribution in [2.75, 3.05) is 0 Å². The molecule has 1 rings (SSSR count). The molecule has 0 bridgehead atoms. The van der Waals surface area contributed by atoms with E-state index in [0.717, 1.165) is 0 Å². The van der Waals surface area contributed by atoms with Gasteiger partial charge in [0, 0.05) is 17.2 Å². The molecular formula is C17H22N2O5. The van der Waals surface area contributed by atoms with Gasteiger partial charge in [0.15, 0.2) is 0 Å². The molecule has 0 saturated heterocycles. The van der Waals surface area contributed by atoms with Gasteiger partial charge in [-0.3, -0.25) is 10.1 Å². The second-order valence-corrected chi connectivity index (χ2v) is 6.42. The summed E-state index contributed by atoms with van der Waals surface area (Å²) in [6.07, 6.45) is 0.457. The van der Waals surface area contributed by atoms with Crippen LogP contribution in [0.25, 0.3) is 0 Å². The highest BCUT2D eigenvalue weighted by Gasteiger charge is 2.31. The number of hydrogen-bond acceptors (Lipinski definition) is 6. The molecule has 2 N–H and O–H groups in total. The van der Waals surface area contributed by atoms with Crippen LogP contribution in [0, 0.1) is 15.5 Å². The van der Waals surface area contributed by atoms with Crippen LogP contribution in [0.1, 0.15) is 56.1 Å². The molecule has 0 aromatic heterocycles. The Bertz CT molecular complexity index is 689. The lowest BCUT2D eigenvalue weighted by atomic mass is 9.88. The number of nitro benzene ring substituents is 1. The lowest BCUT2D eigenvalue weighted by Gasteiger charge is -2.19. The van der Waals surface area contributed by atoms with Gasteiger partial charge in [-0.1, -0.05) is 46.4 Å². The van der Waals surface area contributed by atoms with Gasteiger partial charge in [-0.15, -0.1) is 0 Å². The number of nitrogens with zero attached hydrogens (tertiary/aromatic N) is 1. The minimum Gasteiger partial charge on any atom is -0.386 e. The zero-order valence-electron chi connectivity index (χ0n) is 14.3. The third kappa shape index (κ3) is 4.26. The van der Waals surface area contributed by atoms with Crippen LogP contribution in [0.5, 0.6) is 0 Å². The molecule has 0 aliphatic rings. The van der Waals surface area contributed by atoms with Crippen LogP contribution in [-0.2, 0) is 9.53 Å². The number of nitro groups is 1. The van der Waals surface area contributed by atoms with E-state index in [0.29, 0.717) is 6.42 Å². The lowest BCUT2D eigenvalue weighted by molar-refractivity contribution is -0.386. The van der Waals surface area contributed by atoms with E-state index in [-0.39, 0.29) is 16.7 Å². The highest BCUT2D eigenvalue weighted by molar-refractivity contribution is 6.04. The highest BCUT2D eigenvalue weighted by Crippen LogP contribution is 2.31. The van der Waals surface area contributed by atoms with E-state index in [4.69, 9.17) is 10.5 Å². The van der Waals surface area contributed by atoms with Crippen molar-refractivity contribution in [3.63, 3.8) is 0 Å². The van der Waals surface area contributed by atoms with Crippen molar-refractivity contribution < 1.29 is 19.2 Å². The van der Waals surface area contributed by atoms with E-state index >= 15 is 0 Å². The van der Waals surface area contributed by atoms with Crippen molar-refractivity contribution in [2.24, 2.45) is 11.1 Å². The summed E-state index contributed by atoms with van der Waals surface area (Å²) < 4.78 is 4.76. The van der Waals surface area contributed by atoms with E-state index in [1.54, 1.807) is 27.7 Å². The predicted molar refractivity (Wildman–Crippen MR) is 89.3 cm³/mol. The number of esters is 2. The number of benzene rings is 1. The largest absolute Gasteiger partial charge is 0.386 e. The molecule has 1 aromatic rings. The maximum atomic E-state index is 12.2. The van der Waals surface area contributed by atoms with Crippen molar-refractivity contribution in [2.45, 2.75) is 40.2 Å². The quantitative estimate of drug-likeness (QED) is 0.291. The van der Waals surface area contributed by atoms with Crippen LogP contribution in [0.4, 0.5) is 5.69 Å². The molecular weight excluding hydrogens is 312 g/mol. The molecule has 24 heavy (non-hydrogen) atoms. The second kappa shape index (κ2) is 7.35. The van der Waals surface area contributed by atoms with Crippen molar-refractivity contribution in [3.8, 4) is 0 Å². The highest BCUT2D eigenvalue weighted by atomic mass is 16.6. The molecule has 1 atom stereocenters. The normalized spacial score (nSPS) is 12.4. The van der Waals surface area contributed by atoms with E-state index in [9.17, 15) is 19.7 Å². The van der Waals surface area contributed by atoms with Gasteiger partial charge in [0.2, 0.25) is 0 Å². The summed E-state index contributed by atoms with van der Waals surface area (Å²) in [5, 5.41) is 11.4. The summed E-state index contributed by atoms with van der Waals surface area (Å²) in [5.41, 5.74) is 4.85. The first-order valence-electron chi connectivity index (χ1n) is 7.49. The number of hydrogen-bond donors (Lipinski definition) is 1. The molecule has 7 heteroatoms. The Labute approximate surface area is 140 Å². The summed E-state index contributed by atoms with van der Waals surface area (Å²) in [5.74, 6) is -2.01. The van der Waals surface area contributed by atoms with Gasteiger partial charge >= 0.3 is 11.9 Å². The van der Waals surface area contributed by atoms with Crippen molar-refractivity contribution in [1.29, 1.82) is 0 Å². The Kier molecular flexibility index (Phi) is 5.98. The maximum absolute atomic E-state index is 12.2. The molecule has 0 aliphatic carbocycles. The molecule has 130 valence electrons. The Hall–Kier alpha value is -2.54. The number of rotatable bonds is 5. The standard InChI is InChI=1S/C17H22N2O5/c1-6-13(18)11-8-7-9-12(14(11)19(22)23)16(21)24-15(20)10(2)17(3,4)5/h7-9,13H,2,6,18H2,1,3-5H3/t13-/m1/s1. The molecule has 0 radical (unpaired) electrons. The molecule has 0 fully saturated rings. The molecule has 0 heterocycles. The molecule has 0 amide bonds. The summed E-state index contributed by atoms with van der Waals surface area (Å²) in [7, 11) is 0. The Balaban J connectivity index is 3.23. The van der Waals surface area contributed by atoms with Crippen LogP contribution in [0.2, 0.25) is 0 Å². The lowest BCUT2D eigenvalue weighted by Crippen LogP contribution is -2.23. The Morgan fingerprint density at radius 1 is 1.38 bits per heavy atom. The zero-order chi connectivity index (χ0) is 18.7. The minimum absolute atomic E-state index is 0.0971. The van der Waals surface area contributed by atoms with Gasteiger partial charge in [0.05, 0.1) is 4.92 Å². The Morgan fingerprint density at radius 2 is 1.96 bits per heavy atom. The van der Waals surface area contributed by atoms with E-state index in [1.165, 1.54) is 18.2 Å². The number of ether oxygens (including phenoxy) is 1. The number of nitrogens with two attached hydrogens (primary N) is 1. The van der Waals surface area contributed by atoms with Gasteiger partial charge in [0.1, 0.15) is 5.56 Å². The molecule has 7 nitrogen and oxygen atoms in total. The van der Waals surface area contributed by atoms with Gasteiger partial charge in [-0.05, 0) is 17.9 Å². The van der Waals surface area contributed by atoms with E-state index in [1.807, 2.05) is 0 Å². The van der Waals surface area contributed by atoms with Gasteiger partial charge < -0.3 is 10.5 Å². The summed E-state index contributed by atoms with van der Waals surface area (Å²) in [4.78, 5) is 34.9. The van der Waals surface area contributed by atoms with Gasteiger partial charge in [-0.2, -0.15) is 0 Å². The second-order valence-electron chi connectivity index (χ2n) is 6.42. The molecule has 0 unspecified atom stereocenters. The molecule has 0 spiro atoms. The van der Waals surface area contributed by atoms with Crippen molar-refractivity contribution >= 4 is 17.6 Å². The fourth-order valence-corrected chi connectivity index (χ4v) is 1.96. The monoisotopic (exact) mass is 334 g/mol. The topological polar surface area (TPSA) is 113 Å². The fraction of sp³-hybridized carbons (Fsp3) is 0.412. The number of para-hydroxylation sites is 1. The van der Waals surface area contributed by atoms with E-state index < -0.39 is 34.0 Å². The summed E-state index contributed by atoms with van der Waals surface area (Å²) >= 11 is 0. The third-order valence-electron chi connectivity index (χ3n) is 3.65. The maximum Gasteiger partial charge on any atom is 0.353 e. The van der Waals surface area contributed by atoms with Crippen LogP contribution in [0.3, 0.4) is 0 Å². The number of carbonyl (C=O) groups excluding carboxylic acids is 2. The first-order chi connectivity index (χ1) is 11.0. The van der Waals surface area contributed by atoms with E-state index in [2.05, 4.69) is 6.58 Å². The first kappa shape index (κ1) is 19.5. The average molecular weight is 334 g/mol. The number of carbonyl (C=O) groups is 2. The molecule has 1 aromatic carbocycles. The minimum atomic E-state index is -1.10. The first-order valence-corrected chi connectivity index (χ1v) is 7.49. The average Bonchev–Trinajstić information content (AvgIpc) is 2.51. The summed E-state index contributed by atoms with van der Waals surface area (Å²) in [6, 6.07) is 3.59. The van der Waals surface area contributed by atoms with Crippen molar-refractivity contribution in [1.82, 2.24) is 0 Å². The fourth-order valence-electron chi connectivity index (χ4n) is 1.96. The van der Waals surface area contributed by atoms with Crippen molar-refractivity contribution in [3.05, 3.63) is 51.6 Å². The summed E-state index contributed by atoms with van der Waals surface area (Å²) in [6.45, 7) is 10.6. The Morgan fingerprint density at radius 3 is 2.42 bits per heavy atom. The molecule has 0 saturated carbocycles. The third-order valence-corrected chi connectivity index (χ3v) is 3.65. The smallest absolute Gasteiger partial charge is 0.353 e. The van der Waals surface area contributed by atoms with Crippen LogP contribution < -0.4 is 5.73 Å². The zero-order valence-corrected chi connectivity index (χ0v) is 14.3. The molecule has 0 aliphatic heterocycles. The van der Waals surface area contributed by atoms with Crippen LogP contribution >= 0.6 is 0 Å².